The van der Waals surface area contributed by atoms with Crippen molar-refractivity contribution in [1.29, 1.82) is 0 Å². The number of carbonyl (C=O) groups is 1. The second-order valence-electron chi connectivity index (χ2n) is 8.59. The summed E-state index contributed by atoms with van der Waals surface area (Å²) in [7, 11) is 0. The molecule has 0 aliphatic carbocycles. The van der Waals surface area contributed by atoms with Gasteiger partial charge in [-0.15, -0.1) is 0 Å². The standard InChI is InChI=1S/C26H19ClN2O4S/c1-14(30)22-23-17-8-4-6-10-20(17)33-26(22,2)28-25-29(23)24(31)21(34-25)13-15-11-12-19(32-15)16-7-3-5-9-18(16)27/h3-13,22-23H,1-2H3/b21-13+/t22-,23-,26+/m1/s1. The van der Waals surface area contributed by atoms with Crippen LogP contribution in [0.3, 0.4) is 0 Å². The smallest absolute Gasteiger partial charge is 0.271 e. The Morgan fingerprint density at radius 1 is 1.15 bits per heavy atom. The molecule has 0 saturated heterocycles. The Hall–Kier alpha value is -3.42. The van der Waals surface area contributed by atoms with E-state index < -0.39 is 17.7 Å². The molecular formula is C26H19ClN2O4S. The van der Waals surface area contributed by atoms with Crippen LogP contribution in [0, 0.1) is 5.92 Å². The lowest BCUT2D eigenvalue weighted by molar-refractivity contribution is -0.132. The molecule has 0 spiro atoms. The number of halogens is 1. The molecule has 0 radical (unpaired) electrons. The maximum absolute atomic E-state index is 13.6. The Bertz CT molecular complexity index is 1650. The van der Waals surface area contributed by atoms with Crippen LogP contribution < -0.4 is 19.6 Å². The number of fused-ring (bicyclic) bond motifs is 6. The summed E-state index contributed by atoms with van der Waals surface area (Å²) in [6.07, 6.45) is 1.70. The third-order valence-electron chi connectivity index (χ3n) is 6.36. The van der Waals surface area contributed by atoms with Crippen molar-refractivity contribution in [3.8, 4) is 17.1 Å². The minimum atomic E-state index is -1.08. The van der Waals surface area contributed by atoms with Crippen molar-refractivity contribution in [1.82, 2.24) is 4.57 Å². The number of thiazole rings is 1. The van der Waals surface area contributed by atoms with Crippen LogP contribution >= 0.6 is 22.9 Å². The number of aromatic nitrogens is 1. The van der Waals surface area contributed by atoms with Gasteiger partial charge in [0.2, 0.25) is 5.72 Å². The summed E-state index contributed by atoms with van der Waals surface area (Å²) in [4.78, 5) is 31.6. The second kappa shape index (κ2) is 7.55. The number of rotatable bonds is 3. The third kappa shape index (κ3) is 3.11. The van der Waals surface area contributed by atoms with E-state index in [-0.39, 0.29) is 11.3 Å². The fourth-order valence-electron chi connectivity index (χ4n) is 4.92. The Morgan fingerprint density at radius 2 is 1.91 bits per heavy atom. The van der Waals surface area contributed by atoms with Crippen molar-refractivity contribution < 1.29 is 13.9 Å². The average molecular weight is 491 g/mol. The number of benzene rings is 2. The van der Waals surface area contributed by atoms with Gasteiger partial charge in [0.25, 0.3) is 5.56 Å². The van der Waals surface area contributed by atoms with Gasteiger partial charge in [-0.2, -0.15) is 0 Å². The topological polar surface area (TPSA) is 73.8 Å². The molecule has 6 rings (SSSR count). The number of ether oxygens (including phenoxy) is 1. The van der Waals surface area contributed by atoms with Crippen LogP contribution in [0.25, 0.3) is 17.4 Å². The van der Waals surface area contributed by atoms with Gasteiger partial charge < -0.3 is 9.15 Å². The molecule has 3 atom stereocenters. The maximum Gasteiger partial charge on any atom is 0.271 e. The number of hydrogen-bond donors (Lipinski definition) is 0. The van der Waals surface area contributed by atoms with Crippen LogP contribution in [-0.2, 0) is 4.79 Å². The first-order chi connectivity index (χ1) is 16.4. The van der Waals surface area contributed by atoms with Crippen molar-refractivity contribution in [2.75, 3.05) is 0 Å². The summed E-state index contributed by atoms with van der Waals surface area (Å²) in [6.45, 7) is 3.33. The van der Waals surface area contributed by atoms with E-state index >= 15 is 0 Å². The highest BCUT2D eigenvalue weighted by Gasteiger charge is 2.53. The lowest BCUT2D eigenvalue weighted by atomic mass is 9.79. The summed E-state index contributed by atoms with van der Waals surface area (Å²) in [5, 5.41) is 0.586. The number of nitrogens with zero attached hydrogens (tertiary/aromatic N) is 2. The molecular weight excluding hydrogens is 472 g/mol. The third-order valence-corrected chi connectivity index (χ3v) is 7.67. The van der Waals surface area contributed by atoms with Crippen molar-refractivity contribution in [3.05, 3.63) is 96.7 Å². The molecule has 0 saturated carbocycles. The quantitative estimate of drug-likeness (QED) is 0.431. The molecule has 4 heterocycles. The predicted molar refractivity (Wildman–Crippen MR) is 130 cm³/mol. The van der Waals surface area contributed by atoms with E-state index in [2.05, 4.69) is 0 Å². The summed E-state index contributed by atoms with van der Waals surface area (Å²) < 4.78 is 14.3. The van der Waals surface area contributed by atoms with E-state index in [1.807, 2.05) is 55.5 Å². The summed E-state index contributed by atoms with van der Waals surface area (Å²) in [5.74, 6) is 1.10. The molecule has 2 aliphatic heterocycles. The van der Waals surface area contributed by atoms with E-state index in [1.54, 1.807) is 22.8 Å². The highest BCUT2D eigenvalue weighted by atomic mass is 35.5. The fourth-order valence-corrected chi connectivity index (χ4v) is 6.23. The van der Waals surface area contributed by atoms with Gasteiger partial charge in [-0.3, -0.25) is 14.2 Å². The number of furan rings is 1. The molecule has 2 aliphatic rings. The normalized spacial score (nSPS) is 23.0. The molecule has 8 heteroatoms. The molecule has 2 bridgehead atoms. The molecule has 0 unspecified atom stereocenters. The van der Waals surface area contributed by atoms with Crippen LogP contribution in [-0.4, -0.2) is 16.1 Å². The van der Waals surface area contributed by atoms with Gasteiger partial charge in [0.1, 0.15) is 29.0 Å². The lowest BCUT2D eigenvalue weighted by Crippen LogP contribution is -2.58. The van der Waals surface area contributed by atoms with Crippen LogP contribution in [0.5, 0.6) is 5.75 Å². The SMILES string of the molecule is CC(=O)[C@@H]1[C@H]2c3ccccc3O[C@]1(C)N=c1s/c(=C/c3ccc(-c4ccccc4Cl)o3)c(=O)n12. The van der Waals surface area contributed by atoms with Crippen LogP contribution in [0.4, 0.5) is 0 Å². The van der Waals surface area contributed by atoms with E-state index in [9.17, 15) is 9.59 Å². The number of carbonyl (C=O) groups excluding carboxylic acids is 1. The van der Waals surface area contributed by atoms with Gasteiger partial charge in [0, 0.05) is 17.2 Å². The Balaban J connectivity index is 1.53. The minimum absolute atomic E-state index is 0.0737. The number of para-hydroxylation sites is 1. The van der Waals surface area contributed by atoms with Crippen LogP contribution in [0.15, 0.2) is 74.9 Å². The Morgan fingerprint density at radius 3 is 2.71 bits per heavy atom. The fraction of sp³-hybridized carbons (Fsp3) is 0.192. The molecule has 6 nitrogen and oxygen atoms in total. The summed E-state index contributed by atoms with van der Waals surface area (Å²) in [5.41, 5.74) is 0.290. The van der Waals surface area contributed by atoms with Crippen molar-refractivity contribution in [2.45, 2.75) is 25.6 Å². The van der Waals surface area contributed by atoms with Gasteiger partial charge >= 0.3 is 0 Å². The number of hydrogen-bond acceptors (Lipinski definition) is 6. The first-order valence-electron chi connectivity index (χ1n) is 10.8. The zero-order valence-corrected chi connectivity index (χ0v) is 19.9. The largest absolute Gasteiger partial charge is 0.465 e. The molecule has 170 valence electrons. The van der Waals surface area contributed by atoms with E-state index in [0.717, 1.165) is 11.1 Å². The Kier molecular flexibility index (Phi) is 4.69. The van der Waals surface area contributed by atoms with E-state index in [0.29, 0.717) is 31.6 Å². The van der Waals surface area contributed by atoms with Gasteiger partial charge in [-0.25, -0.2) is 4.99 Å². The lowest BCUT2D eigenvalue weighted by Gasteiger charge is -2.45. The van der Waals surface area contributed by atoms with Crippen molar-refractivity contribution in [3.63, 3.8) is 0 Å². The molecule has 0 amide bonds. The van der Waals surface area contributed by atoms with Gasteiger partial charge in [0.05, 0.1) is 15.6 Å². The molecule has 4 aromatic rings. The molecule has 0 fully saturated rings. The highest BCUT2D eigenvalue weighted by Crippen LogP contribution is 2.47. The maximum atomic E-state index is 13.6. The zero-order chi connectivity index (χ0) is 23.6. The predicted octanol–water partition coefficient (Wildman–Crippen LogP) is 4.19. The van der Waals surface area contributed by atoms with Gasteiger partial charge in [-0.05, 0) is 44.2 Å². The number of Topliss-reactive ketones (excluding diaryl/α,β-unsaturated/α-hetero) is 1. The van der Waals surface area contributed by atoms with Crippen LogP contribution in [0.1, 0.15) is 31.2 Å². The van der Waals surface area contributed by atoms with Gasteiger partial charge in [-0.1, -0.05) is 53.3 Å². The number of ketones is 1. The van der Waals surface area contributed by atoms with E-state index in [4.69, 9.17) is 25.7 Å². The van der Waals surface area contributed by atoms with Crippen molar-refractivity contribution >= 4 is 34.8 Å². The first kappa shape index (κ1) is 21.1. The van der Waals surface area contributed by atoms with Crippen molar-refractivity contribution in [2.24, 2.45) is 10.9 Å². The molecule has 0 N–H and O–H groups in total. The monoisotopic (exact) mass is 490 g/mol. The molecule has 34 heavy (non-hydrogen) atoms. The molecule has 2 aromatic carbocycles. The second-order valence-corrected chi connectivity index (χ2v) is 10.0. The Labute approximate surface area is 203 Å². The zero-order valence-electron chi connectivity index (χ0n) is 18.3. The van der Waals surface area contributed by atoms with Gasteiger partial charge in [0.15, 0.2) is 4.80 Å². The summed E-state index contributed by atoms with van der Waals surface area (Å²) in [6, 6.07) is 18.1. The average Bonchev–Trinajstić information content (AvgIpc) is 3.37. The first-order valence-corrected chi connectivity index (χ1v) is 12.0. The highest BCUT2D eigenvalue weighted by molar-refractivity contribution is 7.07. The van der Waals surface area contributed by atoms with Crippen LogP contribution in [0.2, 0.25) is 5.02 Å². The minimum Gasteiger partial charge on any atom is -0.465 e. The molecule has 2 aromatic heterocycles. The summed E-state index contributed by atoms with van der Waals surface area (Å²) >= 11 is 7.55. The van der Waals surface area contributed by atoms with E-state index in [1.165, 1.54) is 18.3 Å².